The minimum Gasteiger partial charge on any atom is -0.467 e. The molecule has 0 unspecified atom stereocenters. The molecule has 0 spiro atoms. The molecule has 1 fully saturated rings. The van der Waals surface area contributed by atoms with Crippen molar-refractivity contribution in [2.75, 3.05) is 44.7 Å². The van der Waals surface area contributed by atoms with Gasteiger partial charge in [0.1, 0.15) is 11.9 Å². The second kappa shape index (κ2) is 9.52. The second-order valence-corrected chi connectivity index (χ2v) is 7.16. The summed E-state index contributed by atoms with van der Waals surface area (Å²) in [6.45, 7) is 7.59. The van der Waals surface area contributed by atoms with Gasteiger partial charge in [0.15, 0.2) is 6.54 Å². The van der Waals surface area contributed by atoms with Crippen LogP contribution in [0.5, 0.6) is 0 Å². The van der Waals surface area contributed by atoms with Crippen molar-refractivity contribution >= 4 is 17.6 Å². The minimum absolute atomic E-state index is 0.133. The number of amides is 1. The highest BCUT2D eigenvalue weighted by Crippen LogP contribution is 2.14. The minimum atomic E-state index is -0.590. The fourth-order valence-corrected chi connectivity index (χ4v) is 3.21. The van der Waals surface area contributed by atoms with Gasteiger partial charge in [-0.2, -0.15) is 0 Å². The first-order chi connectivity index (χ1) is 12.4. The number of quaternary nitrogens is 1. The number of anilines is 1. The fraction of sp³-hybridized carbons (Fsp3) is 0.579. The summed E-state index contributed by atoms with van der Waals surface area (Å²) in [6, 6.07) is 5.89. The Kier molecular flexibility index (Phi) is 7.38. The van der Waals surface area contributed by atoms with Crippen molar-refractivity contribution in [2.24, 2.45) is 5.92 Å². The van der Waals surface area contributed by atoms with Crippen LogP contribution >= 0.6 is 0 Å². The molecule has 0 aliphatic carbocycles. The number of halogens is 1. The van der Waals surface area contributed by atoms with Crippen LogP contribution in [0.3, 0.4) is 0 Å². The fourth-order valence-electron chi connectivity index (χ4n) is 3.21. The van der Waals surface area contributed by atoms with Gasteiger partial charge in [0.25, 0.3) is 5.91 Å². The molecule has 1 aliphatic heterocycles. The number of hydrogen-bond acceptors (Lipinski definition) is 4. The van der Waals surface area contributed by atoms with Gasteiger partial charge in [0.2, 0.25) is 0 Å². The Balaban J connectivity index is 1.81. The molecule has 2 rings (SSSR count). The van der Waals surface area contributed by atoms with E-state index in [9.17, 15) is 14.0 Å². The van der Waals surface area contributed by atoms with Gasteiger partial charge in [-0.15, -0.1) is 0 Å². The first-order valence-electron chi connectivity index (χ1n) is 9.10. The number of carbonyl (C=O) groups is 2. The molecule has 2 N–H and O–H groups in total. The van der Waals surface area contributed by atoms with Crippen molar-refractivity contribution in [3.8, 4) is 0 Å². The van der Waals surface area contributed by atoms with Crippen molar-refractivity contribution in [3.63, 3.8) is 0 Å². The summed E-state index contributed by atoms with van der Waals surface area (Å²) in [5.74, 6) is -0.489. The lowest BCUT2D eigenvalue weighted by atomic mass is 10.0. The number of nitrogens with one attached hydrogen (secondary N) is 2. The Morgan fingerprint density at radius 1 is 1.23 bits per heavy atom. The van der Waals surface area contributed by atoms with E-state index < -0.39 is 12.0 Å². The highest BCUT2D eigenvalue weighted by molar-refractivity contribution is 5.84. The van der Waals surface area contributed by atoms with Crippen LogP contribution in [-0.2, 0) is 14.3 Å². The van der Waals surface area contributed by atoms with E-state index in [1.54, 1.807) is 12.1 Å². The number of benzene rings is 1. The number of methoxy groups -OCH3 is 1. The summed E-state index contributed by atoms with van der Waals surface area (Å²) >= 11 is 0. The molecule has 7 heteroatoms. The molecule has 0 aromatic heterocycles. The molecule has 1 saturated heterocycles. The summed E-state index contributed by atoms with van der Waals surface area (Å²) in [5.41, 5.74) is 0.998. The topological polar surface area (TPSA) is 63.1 Å². The van der Waals surface area contributed by atoms with Crippen LogP contribution in [0.4, 0.5) is 10.1 Å². The van der Waals surface area contributed by atoms with E-state index in [0.717, 1.165) is 31.9 Å². The number of piperazine rings is 1. The second-order valence-electron chi connectivity index (χ2n) is 7.16. The highest BCUT2D eigenvalue weighted by Gasteiger charge is 2.26. The molecule has 0 bridgehead atoms. The maximum Gasteiger partial charge on any atom is 0.328 e. The molecule has 1 atom stereocenters. The molecule has 26 heavy (non-hydrogen) atoms. The number of hydrogen-bond donors (Lipinski definition) is 2. The lowest BCUT2D eigenvalue weighted by molar-refractivity contribution is -0.892. The first-order valence-corrected chi connectivity index (χ1v) is 9.10. The third-order valence-electron chi connectivity index (χ3n) is 4.60. The Labute approximate surface area is 154 Å². The van der Waals surface area contributed by atoms with Crippen molar-refractivity contribution in [1.29, 1.82) is 0 Å². The maximum absolute atomic E-state index is 13.0. The summed E-state index contributed by atoms with van der Waals surface area (Å²) < 4.78 is 17.8. The smallest absolute Gasteiger partial charge is 0.328 e. The summed E-state index contributed by atoms with van der Waals surface area (Å²) in [5, 5.41) is 2.81. The zero-order chi connectivity index (χ0) is 19.1. The molecule has 0 radical (unpaired) electrons. The first kappa shape index (κ1) is 20.2. The Morgan fingerprint density at radius 3 is 2.38 bits per heavy atom. The third-order valence-corrected chi connectivity index (χ3v) is 4.60. The van der Waals surface area contributed by atoms with E-state index in [1.807, 2.05) is 13.8 Å². The molecule has 0 saturated carbocycles. The predicted molar refractivity (Wildman–Crippen MR) is 97.6 cm³/mol. The highest BCUT2D eigenvalue weighted by atomic mass is 19.1. The molecule has 6 nitrogen and oxygen atoms in total. The normalized spacial score (nSPS) is 16.4. The van der Waals surface area contributed by atoms with Crippen LogP contribution in [0.15, 0.2) is 24.3 Å². The number of carbonyl (C=O) groups excluding carboxylic acids is 2. The molecule has 1 heterocycles. The Morgan fingerprint density at radius 2 is 1.85 bits per heavy atom. The number of nitrogens with zero attached hydrogens (tertiary/aromatic N) is 1. The van der Waals surface area contributed by atoms with Gasteiger partial charge in [-0.05, 0) is 36.6 Å². The van der Waals surface area contributed by atoms with Gasteiger partial charge in [0, 0.05) is 5.69 Å². The van der Waals surface area contributed by atoms with Gasteiger partial charge in [-0.3, -0.25) is 4.79 Å². The maximum atomic E-state index is 13.0. The number of ether oxygens (including phenoxy) is 1. The van der Waals surface area contributed by atoms with E-state index in [-0.39, 0.29) is 17.6 Å². The van der Waals surface area contributed by atoms with Crippen LogP contribution < -0.4 is 15.1 Å². The molecular formula is C19H29FN3O3+. The van der Waals surface area contributed by atoms with Crippen LogP contribution in [0.25, 0.3) is 0 Å². The third kappa shape index (κ3) is 5.98. The van der Waals surface area contributed by atoms with E-state index >= 15 is 0 Å². The standard InChI is InChI=1S/C19H28FN3O3/c1-14(2)12-17(19(25)26-3)21-18(24)13-22-8-10-23(11-9-22)16-6-4-15(20)5-7-16/h4-7,14,17H,8-13H2,1-3H3,(H,21,24)/p+1/t17-/m0/s1. The van der Waals surface area contributed by atoms with E-state index in [1.165, 1.54) is 24.1 Å². The summed E-state index contributed by atoms with van der Waals surface area (Å²) in [6.07, 6.45) is 0.562. The van der Waals surface area contributed by atoms with E-state index in [4.69, 9.17) is 4.74 Å². The summed E-state index contributed by atoms with van der Waals surface area (Å²) in [7, 11) is 1.34. The average molecular weight is 366 g/mol. The quantitative estimate of drug-likeness (QED) is 0.679. The number of rotatable bonds is 7. The Hall–Kier alpha value is -2.15. The lowest BCUT2D eigenvalue weighted by Crippen LogP contribution is -3.16. The van der Waals surface area contributed by atoms with Crippen LogP contribution in [-0.4, -0.2) is 57.8 Å². The van der Waals surface area contributed by atoms with Crippen LogP contribution in [0.2, 0.25) is 0 Å². The van der Waals surface area contributed by atoms with E-state index in [2.05, 4.69) is 10.2 Å². The van der Waals surface area contributed by atoms with E-state index in [0.29, 0.717) is 13.0 Å². The Bertz CT molecular complexity index is 599. The molecule has 1 aromatic rings. The van der Waals surface area contributed by atoms with Gasteiger partial charge in [0.05, 0.1) is 33.3 Å². The average Bonchev–Trinajstić information content (AvgIpc) is 2.61. The zero-order valence-electron chi connectivity index (χ0n) is 15.8. The van der Waals surface area contributed by atoms with Gasteiger partial charge in [-0.25, -0.2) is 9.18 Å². The van der Waals surface area contributed by atoms with Gasteiger partial charge < -0.3 is 19.9 Å². The van der Waals surface area contributed by atoms with Crippen LogP contribution in [0, 0.1) is 11.7 Å². The molecule has 1 aliphatic rings. The molecule has 144 valence electrons. The molecule has 1 amide bonds. The van der Waals surface area contributed by atoms with Crippen molar-refractivity contribution in [1.82, 2.24) is 5.32 Å². The monoisotopic (exact) mass is 366 g/mol. The molecule has 1 aromatic carbocycles. The van der Waals surface area contributed by atoms with Crippen LogP contribution in [0.1, 0.15) is 20.3 Å². The zero-order valence-corrected chi connectivity index (χ0v) is 15.8. The van der Waals surface area contributed by atoms with Crippen molar-refractivity contribution < 1.29 is 23.6 Å². The SMILES string of the molecule is COC(=O)[C@H](CC(C)C)NC(=O)C[NH+]1CCN(c2ccc(F)cc2)CC1. The number of esters is 1. The summed E-state index contributed by atoms with van der Waals surface area (Å²) in [4.78, 5) is 27.5. The largest absolute Gasteiger partial charge is 0.467 e. The van der Waals surface area contributed by atoms with Crippen molar-refractivity contribution in [2.45, 2.75) is 26.3 Å². The molecular weight excluding hydrogens is 337 g/mol. The van der Waals surface area contributed by atoms with Gasteiger partial charge in [-0.1, -0.05) is 13.8 Å². The van der Waals surface area contributed by atoms with Crippen molar-refractivity contribution in [3.05, 3.63) is 30.1 Å². The van der Waals surface area contributed by atoms with Gasteiger partial charge >= 0.3 is 5.97 Å². The lowest BCUT2D eigenvalue weighted by Gasteiger charge is -2.33. The predicted octanol–water partition coefficient (Wildman–Crippen LogP) is 0.235.